The first kappa shape index (κ1) is 15.1. The lowest BCUT2D eigenvalue weighted by Gasteiger charge is -2.34. The van der Waals surface area contributed by atoms with Gasteiger partial charge in [-0.2, -0.15) is 0 Å². The van der Waals surface area contributed by atoms with E-state index in [-0.39, 0.29) is 6.04 Å². The van der Waals surface area contributed by atoms with Gasteiger partial charge in [-0.25, -0.2) is 4.79 Å². The van der Waals surface area contributed by atoms with Gasteiger partial charge < -0.3 is 14.8 Å². The maximum absolute atomic E-state index is 11.5. The number of benzene rings is 1. The van der Waals surface area contributed by atoms with Crippen LogP contribution in [0.15, 0.2) is 47.1 Å². The fourth-order valence-corrected chi connectivity index (χ4v) is 2.68. The van der Waals surface area contributed by atoms with Crippen molar-refractivity contribution < 1.29 is 14.7 Å². The molecule has 2 rings (SSSR count). The smallest absolute Gasteiger partial charge is 0.407 e. The summed E-state index contributed by atoms with van der Waals surface area (Å²) in [6, 6.07) is 9.67. The maximum Gasteiger partial charge on any atom is 0.407 e. The molecule has 0 aromatic heterocycles. The summed E-state index contributed by atoms with van der Waals surface area (Å²) >= 11 is 0. The Labute approximate surface area is 124 Å². The zero-order valence-corrected chi connectivity index (χ0v) is 12.3. The standard InChI is InChI=1S/C16H20N2O3/c1-12(17-21-2)14-9-6-10-18(16(19)20)15(14)11-13-7-4-3-5-8-13/h3-5,7-9,15H,6,10-11H2,1-2H3,(H,19,20). The molecule has 0 bridgehead atoms. The summed E-state index contributed by atoms with van der Waals surface area (Å²) in [4.78, 5) is 17.8. The van der Waals surface area contributed by atoms with E-state index in [9.17, 15) is 9.90 Å². The summed E-state index contributed by atoms with van der Waals surface area (Å²) in [7, 11) is 1.49. The van der Waals surface area contributed by atoms with Crippen LogP contribution in [0.3, 0.4) is 0 Å². The predicted octanol–water partition coefficient (Wildman–Crippen LogP) is 2.93. The topological polar surface area (TPSA) is 62.1 Å². The number of oxime groups is 1. The Morgan fingerprint density at radius 1 is 1.43 bits per heavy atom. The van der Waals surface area contributed by atoms with E-state index in [1.807, 2.05) is 37.3 Å². The van der Waals surface area contributed by atoms with Gasteiger partial charge in [0.25, 0.3) is 0 Å². The molecule has 0 fully saturated rings. The van der Waals surface area contributed by atoms with Crippen LogP contribution in [0.2, 0.25) is 0 Å². The van der Waals surface area contributed by atoms with Crippen molar-refractivity contribution >= 4 is 11.8 Å². The number of carboxylic acid groups (broad SMARTS) is 1. The van der Waals surface area contributed by atoms with Crippen LogP contribution in [0.25, 0.3) is 0 Å². The van der Waals surface area contributed by atoms with Gasteiger partial charge in [-0.1, -0.05) is 41.6 Å². The summed E-state index contributed by atoms with van der Waals surface area (Å²) in [5.41, 5.74) is 2.76. The van der Waals surface area contributed by atoms with Gasteiger partial charge in [0.1, 0.15) is 7.11 Å². The highest BCUT2D eigenvalue weighted by molar-refractivity contribution is 5.99. The molecule has 5 heteroatoms. The summed E-state index contributed by atoms with van der Waals surface area (Å²) < 4.78 is 0. The van der Waals surface area contributed by atoms with Crippen LogP contribution in [-0.2, 0) is 11.3 Å². The van der Waals surface area contributed by atoms with Crippen molar-refractivity contribution in [1.82, 2.24) is 4.90 Å². The van der Waals surface area contributed by atoms with Gasteiger partial charge in [0, 0.05) is 6.54 Å². The second-order valence-electron chi connectivity index (χ2n) is 4.99. The first-order chi connectivity index (χ1) is 10.1. The monoisotopic (exact) mass is 288 g/mol. The second kappa shape index (κ2) is 6.92. The van der Waals surface area contributed by atoms with Crippen molar-refractivity contribution in [2.75, 3.05) is 13.7 Å². The van der Waals surface area contributed by atoms with E-state index in [2.05, 4.69) is 11.2 Å². The average Bonchev–Trinajstić information content (AvgIpc) is 2.48. The number of nitrogens with zero attached hydrogens (tertiary/aromatic N) is 2. The van der Waals surface area contributed by atoms with E-state index in [1.165, 1.54) is 12.0 Å². The molecule has 1 atom stereocenters. The van der Waals surface area contributed by atoms with E-state index in [0.717, 1.165) is 16.8 Å². The van der Waals surface area contributed by atoms with Crippen molar-refractivity contribution in [2.24, 2.45) is 5.16 Å². The molecule has 1 amide bonds. The Kier molecular flexibility index (Phi) is 4.98. The van der Waals surface area contributed by atoms with E-state index >= 15 is 0 Å². The lowest BCUT2D eigenvalue weighted by atomic mass is 9.91. The van der Waals surface area contributed by atoms with Gasteiger partial charge in [0.2, 0.25) is 0 Å². The Hall–Kier alpha value is -2.30. The highest BCUT2D eigenvalue weighted by Crippen LogP contribution is 2.23. The molecule has 0 saturated heterocycles. The predicted molar refractivity (Wildman–Crippen MR) is 81.5 cm³/mol. The normalized spacial score (nSPS) is 19.1. The van der Waals surface area contributed by atoms with Gasteiger partial charge in [0.05, 0.1) is 11.8 Å². The van der Waals surface area contributed by atoms with E-state index in [4.69, 9.17) is 4.84 Å². The molecular formula is C16H20N2O3. The SMILES string of the molecule is CON=C(C)C1=CCCN(C(=O)O)C1Cc1ccccc1. The Bertz CT molecular complexity index is 552. The molecule has 1 heterocycles. The van der Waals surface area contributed by atoms with Crippen LogP contribution >= 0.6 is 0 Å². The van der Waals surface area contributed by atoms with E-state index in [1.54, 1.807) is 0 Å². The highest BCUT2D eigenvalue weighted by Gasteiger charge is 2.30. The van der Waals surface area contributed by atoms with E-state index in [0.29, 0.717) is 19.4 Å². The highest BCUT2D eigenvalue weighted by atomic mass is 16.6. The van der Waals surface area contributed by atoms with Gasteiger partial charge in [-0.3, -0.25) is 0 Å². The van der Waals surface area contributed by atoms with Gasteiger partial charge in [-0.15, -0.1) is 0 Å². The zero-order chi connectivity index (χ0) is 15.2. The molecule has 21 heavy (non-hydrogen) atoms. The molecule has 1 aromatic carbocycles. The zero-order valence-electron chi connectivity index (χ0n) is 12.3. The van der Waals surface area contributed by atoms with Crippen LogP contribution in [0.1, 0.15) is 18.9 Å². The molecular weight excluding hydrogens is 268 g/mol. The van der Waals surface area contributed by atoms with Crippen molar-refractivity contribution in [3.05, 3.63) is 47.5 Å². The summed E-state index contributed by atoms with van der Waals surface area (Å²) in [6.07, 6.45) is 2.50. The summed E-state index contributed by atoms with van der Waals surface area (Å²) in [5.74, 6) is 0. The largest absolute Gasteiger partial charge is 0.465 e. The van der Waals surface area contributed by atoms with Crippen molar-refractivity contribution in [3.63, 3.8) is 0 Å². The average molecular weight is 288 g/mol. The fraction of sp³-hybridized carbons (Fsp3) is 0.375. The third-order valence-electron chi connectivity index (χ3n) is 3.63. The van der Waals surface area contributed by atoms with Gasteiger partial charge >= 0.3 is 6.09 Å². The van der Waals surface area contributed by atoms with Gasteiger partial charge in [0.15, 0.2) is 0 Å². The number of rotatable bonds is 4. The molecule has 1 aliphatic rings. The number of carbonyl (C=O) groups is 1. The van der Waals surface area contributed by atoms with Crippen LogP contribution in [0.4, 0.5) is 4.79 Å². The first-order valence-electron chi connectivity index (χ1n) is 6.95. The van der Waals surface area contributed by atoms with Crippen LogP contribution < -0.4 is 0 Å². The molecule has 0 saturated carbocycles. The molecule has 5 nitrogen and oxygen atoms in total. The Morgan fingerprint density at radius 2 is 2.14 bits per heavy atom. The molecule has 0 radical (unpaired) electrons. The van der Waals surface area contributed by atoms with E-state index < -0.39 is 6.09 Å². The molecule has 0 aliphatic carbocycles. The summed E-state index contributed by atoms with van der Waals surface area (Å²) in [6.45, 7) is 2.36. The lowest BCUT2D eigenvalue weighted by molar-refractivity contribution is 0.130. The third kappa shape index (κ3) is 3.62. The Morgan fingerprint density at radius 3 is 2.76 bits per heavy atom. The molecule has 1 unspecified atom stereocenters. The van der Waals surface area contributed by atoms with Crippen LogP contribution in [0.5, 0.6) is 0 Å². The summed E-state index contributed by atoms with van der Waals surface area (Å²) in [5, 5.41) is 13.4. The first-order valence-corrected chi connectivity index (χ1v) is 6.95. The van der Waals surface area contributed by atoms with Crippen LogP contribution in [-0.4, -0.2) is 41.5 Å². The van der Waals surface area contributed by atoms with Crippen LogP contribution in [0, 0.1) is 0 Å². The van der Waals surface area contributed by atoms with Gasteiger partial charge in [-0.05, 0) is 30.9 Å². The molecule has 1 aliphatic heterocycles. The van der Waals surface area contributed by atoms with Crippen molar-refractivity contribution in [3.8, 4) is 0 Å². The fourth-order valence-electron chi connectivity index (χ4n) is 2.68. The third-order valence-corrected chi connectivity index (χ3v) is 3.63. The molecule has 1 aromatic rings. The lowest BCUT2D eigenvalue weighted by Crippen LogP contribution is -2.46. The minimum atomic E-state index is -0.897. The molecule has 0 spiro atoms. The minimum absolute atomic E-state index is 0.224. The number of amides is 1. The number of hydrogen-bond donors (Lipinski definition) is 1. The minimum Gasteiger partial charge on any atom is -0.465 e. The molecule has 1 N–H and O–H groups in total. The van der Waals surface area contributed by atoms with Crippen molar-refractivity contribution in [1.29, 1.82) is 0 Å². The second-order valence-corrected chi connectivity index (χ2v) is 4.99. The molecule has 112 valence electrons. The quantitative estimate of drug-likeness (QED) is 0.684. The number of hydrogen-bond acceptors (Lipinski definition) is 3. The maximum atomic E-state index is 11.5. The van der Waals surface area contributed by atoms with Crippen molar-refractivity contribution in [2.45, 2.75) is 25.8 Å². The Balaban J connectivity index is 2.31.